The highest BCUT2D eigenvalue weighted by molar-refractivity contribution is 5.64. The molecule has 0 saturated heterocycles. The van der Waals surface area contributed by atoms with Gasteiger partial charge in [-0.1, -0.05) is 36.9 Å². The van der Waals surface area contributed by atoms with Crippen LogP contribution in [0.1, 0.15) is 24.0 Å². The molecule has 0 aliphatic rings. The molecule has 1 aromatic carbocycles. The number of aliphatic carboxylic acids is 1. The molecule has 0 N–H and O–H groups in total. The number of hydrogen-bond donors (Lipinski definition) is 0. The third-order valence-corrected chi connectivity index (χ3v) is 2.06. The van der Waals surface area contributed by atoms with Gasteiger partial charge in [-0.25, -0.2) is 0 Å². The first-order valence-electron chi connectivity index (χ1n) is 4.63. The highest BCUT2D eigenvalue weighted by Gasteiger charge is 1.93. The van der Waals surface area contributed by atoms with Gasteiger partial charge < -0.3 is 9.90 Å². The van der Waals surface area contributed by atoms with Crippen molar-refractivity contribution in [3.05, 3.63) is 42.0 Å². The summed E-state index contributed by atoms with van der Waals surface area (Å²) >= 11 is 0. The maximum atomic E-state index is 10.2. The van der Waals surface area contributed by atoms with Crippen LogP contribution in [0.2, 0.25) is 0 Å². The summed E-state index contributed by atoms with van der Waals surface area (Å²) in [5, 5.41) is 10.2. The molecule has 0 atom stereocenters. The van der Waals surface area contributed by atoms with Crippen LogP contribution in [0, 0.1) is 0 Å². The van der Waals surface area contributed by atoms with E-state index in [4.69, 9.17) is 0 Å². The van der Waals surface area contributed by atoms with Crippen LogP contribution in [0.15, 0.2) is 30.8 Å². The van der Waals surface area contributed by atoms with Gasteiger partial charge in [-0.05, 0) is 30.4 Å². The second-order valence-corrected chi connectivity index (χ2v) is 3.17. The lowest BCUT2D eigenvalue weighted by Gasteiger charge is -2.02. The first-order valence-corrected chi connectivity index (χ1v) is 4.63. The maximum Gasteiger partial charge on any atom is 0.0414 e. The summed E-state index contributed by atoms with van der Waals surface area (Å²) in [5.41, 5.74) is 2.23. The fourth-order valence-electron chi connectivity index (χ4n) is 1.26. The molecule has 74 valence electrons. The number of hydrogen-bond acceptors (Lipinski definition) is 2. The van der Waals surface area contributed by atoms with Gasteiger partial charge in [0.1, 0.15) is 0 Å². The molecule has 0 aromatic heterocycles. The van der Waals surface area contributed by atoms with Crippen LogP contribution in [0.25, 0.3) is 6.08 Å². The van der Waals surface area contributed by atoms with Gasteiger partial charge >= 0.3 is 0 Å². The Labute approximate surface area is 83.9 Å². The van der Waals surface area contributed by atoms with Gasteiger partial charge in [0.25, 0.3) is 0 Å². The molecular formula is C12H13O2-. The largest absolute Gasteiger partial charge is 0.550 e. The highest BCUT2D eigenvalue weighted by Crippen LogP contribution is 2.08. The first kappa shape index (κ1) is 10.5. The van der Waals surface area contributed by atoms with Crippen molar-refractivity contribution < 1.29 is 9.90 Å². The Bertz CT molecular complexity index is 312. The number of benzene rings is 1. The number of carboxylic acid groups (broad SMARTS) is 1. The molecule has 0 spiro atoms. The molecule has 0 fully saturated rings. The number of carbonyl (C=O) groups is 1. The topological polar surface area (TPSA) is 40.1 Å². The van der Waals surface area contributed by atoms with E-state index in [1.807, 2.05) is 24.3 Å². The fraction of sp³-hybridized carbons (Fsp3) is 0.250. The minimum atomic E-state index is -0.979. The van der Waals surface area contributed by atoms with Crippen molar-refractivity contribution >= 4 is 12.0 Å². The summed E-state index contributed by atoms with van der Waals surface area (Å²) in [6.45, 7) is 3.66. The molecular weight excluding hydrogens is 176 g/mol. The van der Waals surface area contributed by atoms with Crippen molar-refractivity contribution in [1.29, 1.82) is 0 Å². The SMILES string of the molecule is C=Cc1ccc(CCCC(=O)[O-])cc1. The lowest BCUT2D eigenvalue weighted by Crippen LogP contribution is -2.21. The molecule has 0 aliphatic heterocycles. The molecule has 14 heavy (non-hydrogen) atoms. The molecule has 0 bridgehead atoms. The van der Waals surface area contributed by atoms with Crippen molar-refractivity contribution in [2.75, 3.05) is 0 Å². The van der Waals surface area contributed by atoms with E-state index in [1.165, 1.54) is 0 Å². The van der Waals surface area contributed by atoms with Crippen LogP contribution in [0.3, 0.4) is 0 Å². The minimum absolute atomic E-state index is 0.128. The molecule has 0 saturated carbocycles. The Morgan fingerprint density at radius 1 is 1.36 bits per heavy atom. The zero-order chi connectivity index (χ0) is 10.4. The van der Waals surface area contributed by atoms with Crippen LogP contribution in [0.5, 0.6) is 0 Å². The van der Waals surface area contributed by atoms with Gasteiger partial charge in [0.2, 0.25) is 0 Å². The molecule has 2 nitrogen and oxygen atoms in total. The predicted molar refractivity (Wildman–Crippen MR) is 54.5 cm³/mol. The van der Waals surface area contributed by atoms with Crippen molar-refractivity contribution in [3.63, 3.8) is 0 Å². The van der Waals surface area contributed by atoms with Crippen LogP contribution in [0.4, 0.5) is 0 Å². The van der Waals surface area contributed by atoms with E-state index in [0.29, 0.717) is 6.42 Å². The number of carboxylic acids is 1. The van der Waals surface area contributed by atoms with E-state index in [0.717, 1.165) is 17.5 Å². The monoisotopic (exact) mass is 189 g/mol. The Hall–Kier alpha value is -1.57. The van der Waals surface area contributed by atoms with Crippen LogP contribution in [-0.2, 0) is 11.2 Å². The molecule has 0 heterocycles. The van der Waals surface area contributed by atoms with Crippen LogP contribution in [-0.4, -0.2) is 5.97 Å². The van der Waals surface area contributed by atoms with Gasteiger partial charge in [0, 0.05) is 5.97 Å². The van der Waals surface area contributed by atoms with E-state index in [-0.39, 0.29) is 6.42 Å². The van der Waals surface area contributed by atoms with Gasteiger partial charge in [0.15, 0.2) is 0 Å². The summed E-state index contributed by atoms with van der Waals surface area (Å²) in [7, 11) is 0. The zero-order valence-corrected chi connectivity index (χ0v) is 8.03. The van der Waals surface area contributed by atoms with Gasteiger partial charge in [-0.15, -0.1) is 0 Å². The summed E-state index contributed by atoms with van der Waals surface area (Å²) in [6.07, 6.45) is 3.33. The average Bonchev–Trinajstić information content (AvgIpc) is 2.18. The number of carbonyl (C=O) groups excluding carboxylic acids is 1. The average molecular weight is 189 g/mol. The van der Waals surface area contributed by atoms with Gasteiger partial charge in [-0.3, -0.25) is 0 Å². The van der Waals surface area contributed by atoms with E-state index < -0.39 is 5.97 Å². The smallest absolute Gasteiger partial charge is 0.0414 e. The summed E-state index contributed by atoms with van der Waals surface area (Å²) in [6, 6.07) is 7.93. The molecule has 0 aliphatic carbocycles. The Morgan fingerprint density at radius 2 is 2.00 bits per heavy atom. The molecule has 1 aromatic rings. The Kier molecular flexibility index (Phi) is 3.92. The second-order valence-electron chi connectivity index (χ2n) is 3.17. The first-order chi connectivity index (χ1) is 6.72. The Morgan fingerprint density at radius 3 is 2.50 bits per heavy atom. The van der Waals surface area contributed by atoms with Crippen LogP contribution < -0.4 is 5.11 Å². The second kappa shape index (κ2) is 5.22. The summed E-state index contributed by atoms with van der Waals surface area (Å²) in [5.74, 6) is -0.979. The zero-order valence-electron chi connectivity index (χ0n) is 8.03. The number of rotatable bonds is 5. The third-order valence-electron chi connectivity index (χ3n) is 2.06. The lowest BCUT2D eigenvalue weighted by atomic mass is 10.1. The molecule has 0 unspecified atom stereocenters. The van der Waals surface area contributed by atoms with Crippen molar-refractivity contribution in [3.8, 4) is 0 Å². The molecule has 1 rings (SSSR count). The highest BCUT2D eigenvalue weighted by atomic mass is 16.4. The Balaban J connectivity index is 2.43. The predicted octanol–water partition coefficient (Wildman–Crippen LogP) is 1.40. The lowest BCUT2D eigenvalue weighted by molar-refractivity contribution is -0.305. The van der Waals surface area contributed by atoms with E-state index >= 15 is 0 Å². The van der Waals surface area contributed by atoms with Crippen molar-refractivity contribution in [2.24, 2.45) is 0 Å². The van der Waals surface area contributed by atoms with E-state index in [1.54, 1.807) is 6.08 Å². The van der Waals surface area contributed by atoms with Crippen molar-refractivity contribution in [1.82, 2.24) is 0 Å². The normalized spacial score (nSPS) is 9.71. The number of aryl methyl sites for hydroxylation is 1. The molecule has 2 heteroatoms. The minimum Gasteiger partial charge on any atom is -0.550 e. The van der Waals surface area contributed by atoms with E-state index in [2.05, 4.69) is 6.58 Å². The quantitative estimate of drug-likeness (QED) is 0.702. The fourth-order valence-corrected chi connectivity index (χ4v) is 1.26. The van der Waals surface area contributed by atoms with E-state index in [9.17, 15) is 9.90 Å². The molecule has 0 amide bonds. The molecule has 0 radical (unpaired) electrons. The summed E-state index contributed by atoms with van der Waals surface area (Å²) < 4.78 is 0. The maximum absolute atomic E-state index is 10.2. The summed E-state index contributed by atoms with van der Waals surface area (Å²) in [4.78, 5) is 10.2. The third kappa shape index (κ3) is 3.44. The van der Waals surface area contributed by atoms with Crippen molar-refractivity contribution in [2.45, 2.75) is 19.3 Å². The van der Waals surface area contributed by atoms with Gasteiger partial charge in [0.05, 0.1) is 0 Å². The standard InChI is InChI=1S/C12H14O2/c1-2-10-6-8-11(9-7-10)4-3-5-12(13)14/h2,6-9H,1,3-5H2,(H,13,14)/p-1. The van der Waals surface area contributed by atoms with Gasteiger partial charge in [-0.2, -0.15) is 0 Å². The van der Waals surface area contributed by atoms with Crippen LogP contribution >= 0.6 is 0 Å².